The van der Waals surface area contributed by atoms with E-state index in [4.69, 9.17) is 0 Å². The average Bonchev–Trinajstić information content (AvgIpc) is 2.94. The van der Waals surface area contributed by atoms with Crippen LogP contribution in [0.1, 0.15) is 12.6 Å². The van der Waals surface area contributed by atoms with Crippen molar-refractivity contribution in [2.24, 2.45) is 0 Å². The largest absolute Gasteiger partial charge is 0.336 e. The van der Waals surface area contributed by atoms with Crippen LogP contribution in [-0.2, 0) is 19.6 Å². The molecule has 0 aliphatic carbocycles. The maximum absolute atomic E-state index is 4.17. The summed E-state index contributed by atoms with van der Waals surface area (Å²) < 4.78 is 4.24. The molecule has 5 nitrogen and oxygen atoms in total. The van der Waals surface area contributed by atoms with E-state index in [0.29, 0.717) is 0 Å². The molecule has 2 heterocycles. The smallest absolute Gasteiger partial charge is 0.0949 e. The number of imidazole rings is 2. The third kappa shape index (κ3) is 2.70. The number of hydrogen-bond acceptors (Lipinski definition) is 3. The molecule has 0 aromatic carbocycles. The zero-order chi connectivity index (χ0) is 11.2. The summed E-state index contributed by atoms with van der Waals surface area (Å²) in [6.07, 6.45) is 9.40. The van der Waals surface area contributed by atoms with Crippen molar-refractivity contribution in [3.8, 4) is 0 Å². The molecule has 2 aromatic heterocycles. The van der Waals surface area contributed by atoms with Gasteiger partial charge in [0.25, 0.3) is 0 Å². The van der Waals surface area contributed by atoms with Gasteiger partial charge in [0, 0.05) is 38.2 Å². The number of aromatic nitrogens is 4. The molecular formula is C11H17N5. The normalized spacial score (nSPS) is 10.8. The van der Waals surface area contributed by atoms with Crippen LogP contribution < -0.4 is 5.32 Å². The highest BCUT2D eigenvalue weighted by atomic mass is 15.1. The maximum Gasteiger partial charge on any atom is 0.0949 e. The number of nitrogens with zero attached hydrogens (tertiary/aromatic N) is 4. The third-order valence-electron chi connectivity index (χ3n) is 2.51. The summed E-state index contributed by atoms with van der Waals surface area (Å²) in [5, 5.41) is 3.30. The Morgan fingerprint density at radius 3 is 2.94 bits per heavy atom. The summed E-state index contributed by atoms with van der Waals surface area (Å²) in [5.74, 6) is 0. The van der Waals surface area contributed by atoms with Crippen LogP contribution in [0.4, 0.5) is 0 Å². The fraction of sp³-hybridized carbons (Fsp3) is 0.455. The Kier molecular flexibility index (Phi) is 3.71. The highest BCUT2D eigenvalue weighted by Gasteiger charge is 2.00. The number of aryl methyl sites for hydroxylation is 2. The second-order valence-electron chi connectivity index (χ2n) is 3.66. The van der Waals surface area contributed by atoms with Crippen molar-refractivity contribution < 1.29 is 0 Å². The Morgan fingerprint density at radius 1 is 1.25 bits per heavy atom. The van der Waals surface area contributed by atoms with Crippen LogP contribution in [0.2, 0.25) is 0 Å². The van der Waals surface area contributed by atoms with Gasteiger partial charge >= 0.3 is 0 Å². The average molecular weight is 219 g/mol. The number of nitrogens with one attached hydrogen (secondary N) is 1. The van der Waals surface area contributed by atoms with E-state index in [1.807, 2.05) is 25.0 Å². The molecule has 0 radical (unpaired) electrons. The lowest BCUT2D eigenvalue weighted by Gasteiger charge is -2.08. The van der Waals surface area contributed by atoms with Gasteiger partial charge in [0.1, 0.15) is 0 Å². The molecule has 0 saturated heterocycles. The zero-order valence-corrected chi connectivity index (χ0v) is 9.50. The first-order chi connectivity index (χ1) is 7.90. The Morgan fingerprint density at radius 2 is 2.19 bits per heavy atom. The molecular weight excluding hydrogens is 202 g/mol. The first kappa shape index (κ1) is 10.9. The zero-order valence-electron chi connectivity index (χ0n) is 9.50. The molecule has 0 amide bonds. The lowest BCUT2D eigenvalue weighted by Crippen LogP contribution is -2.16. The van der Waals surface area contributed by atoms with Gasteiger partial charge in [-0.25, -0.2) is 9.97 Å². The predicted octanol–water partition coefficient (Wildman–Crippen LogP) is 0.889. The molecule has 2 rings (SSSR count). The van der Waals surface area contributed by atoms with Gasteiger partial charge in [-0.1, -0.05) is 6.92 Å². The van der Waals surface area contributed by atoms with E-state index in [2.05, 4.69) is 31.3 Å². The van der Waals surface area contributed by atoms with E-state index < -0.39 is 0 Å². The van der Waals surface area contributed by atoms with E-state index in [1.54, 1.807) is 6.20 Å². The van der Waals surface area contributed by atoms with Crippen LogP contribution in [0.3, 0.4) is 0 Å². The van der Waals surface area contributed by atoms with Crippen LogP contribution >= 0.6 is 0 Å². The first-order valence-electron chi connectivity index (χ1n) is 5.55. The monoisotopic (exact) mass is 219 g/mol. The molecule has 0 aliphatic heterocycles. The van der Waals surface area contributed by atoms with Crippen molar-refractivity contribution >= 4 is 0 Å². The lowest BCUT2D eigenvalue weighted by atomic mass is 10.4. The maximum atomic E-state index is 4.17. The fourth-order valence-corrected chi connectivity index (χ4v) is 1.59. The molecule has 0 fully saturated rings. The fourth-order valence-electron chi connectivity index (χ4n) is 1.59. The molecule has 0 atom stereocenters. The summed E-state index contributed by atoms with van der Waals surface area (Å²) >= 11 is 0. The Hall–Kier alpha value is -1.62. The SMILES string of the molecule is CCNCc1cncn1CCn1ccnc1. The van der Waals surface area contributed by atoms with E-state index in [0.717, 1.165) is 26.2 Å². The summed E-state index contributed by atoms with van der Waals surface area (Å²) in [6.45, 7) is 5.81. The second kappa shape index (κ2) is 5.46. The van der Waals surface area contributed by atoms with Gasteiger partial charge < -0.3 is 14.5 Å². The van der Waals surface area contributed by atoms with Gasteiger partial charge in [0.2, 0.25) is 0 Å². The van der Waals surface area contributed by atoms with Crippen molar-refractivity contribution in [2.75, 3.05) is 6.54 Å². The number of hydrogen-bond donors (Lipinski definition) is 1. The molecule has 5 heteroatoms. The van der Waals surface area contributed by atoms with Gasteiger partial charge in [-0.05, 0) is 6.54 Å². The molecule has 0 aliphatic rings. The van der Waals surface area contributed by atoms with Gasteiger partial charge in [-0.15, -0.1) is 0 Å². The molecule has 0 saturated carbocycles. The van der Waals surface area contributed by atoms with Crippen LogP contribution in [0, 0.1) is 0 Å². The van der Waals surface area contributed by atoms with E-state index in [-0.39, 0.29) is 0 Å². The van der Waals surface area contributed by atoms with E-state index in [1.165, 1.54) is 5.69 Å². The number of rotatable bonds is 6. The molecule has 2 aromatic rings. The molecule has 0 bridgehead atoms. The summed E-state index contributed by atoms with van der Waals surface area (Å²) in [6, 6.07) is 0. The van der Waals surface area contributed by atoms with Crippen molar-refractivity contribution in [1.29, 1.82) is 0 Å². The summed E-state index contributed by atoms with van der Waals surface area (Å²) in [7, 11) is 0. The Bertz CT molecular complexity index is 404. The Balaban J connectivity index is 1.91. The summed E-state index contributed by atoms with van der Waals surface area (Å²) in [4.78, 5) is 8.19. The molecule has 16 heavy (non-hydrogen) atoms. The van der Waals surface area contributed by atoms with Crippen molar-refractivity contribution in [3.63, 3.8) is 0 Å². The molecule has 0 spiro atoms. The highest BCUT2D eigenvalue weighted by molar-refractivity contribution is 4.97. The van der Waals surface area contributed by atoms with Crippen LogP contribution in [-0.4, -0.2) is 25.6 Å². The van der Waals surface area contributed by atoms with Crippen LogP contribution in [0.25, 0.3) is 0 Å². The lowest BCUT2D eigenvalue weighted by molar-refractivity contribution is 0.550. The van der Waals surface area contributed by atoms with Gasteiger partial charge in [-0.2, -0.15) is 0 Å². The minimum atomic E-state index is 0.875. The minimum Gasteiger partial charge on any atom is -0.336 e. The third-order valence-corrected chi connectivity index (χ3v) is 2.51. The van der Waals surface area contributed by atoms with Crippen molar-refractivity contribution in [1.82, 2.24) is 24.4 Å². The van der Waals surface area contributed by atoms with Gasteiger partial charge in [0.15, 0.2) is 0 Å². The quantitative estimate of drug-likeness (QED) is 0.785. The molecule has 1 N–H and O–H groups in total. The summed E-state index contributed by atoms with van der Waals surface area (Å²) in [5.41, 5.74) is 1.22. The van der Waals surface area contributed by atoms with Crippen LogP contribution in [0.15, 0.2) is 31.2 Å². The highest BCUT2D eigenvalue weighted by Crippen LogP contribution is 2.00. The van der Waals surface area contributed by atoms with Crippen molar-refractivity contribution in [2.45, 2.75) is 26.6 Å². The Labute approximate surface area is 95.1 Å². The van der Waals surface area contributed by atoms with Crippen molar-refractivity contribution in [3.05, 3.63) is 36.9 Å². The minimum absolute atomic E-state index is 0.875. The topological polar surface area (TPSA) is 47.7 Å². The van der Waals surface area contributed by atoms with Gasteiger partial charge in [0.05, 0.1) is 18.3 Å². The van der Waals surface area contributed by atoms with Crippen LogP contribution in [0.5, 0.6) is 0 Å². The standard InChI is InChI=1S/C11H17N5/c1-2-12-7-11-8-14-10-16(11)6-5-15-4-3-13-9-15/h3-4,8-10,12H,2,5-7H2,1H3. The van der Waals surface area contributed by atoms with Gasteiger partial charge in [-0.3, -0.25) is 0 Å². The van der Waals surface area contributed by atoms with E-state index in [9.17, 15) is 0 Å². The molecule has 86 valence electrons. The predicted molar refractivity (Wildman–Crippen MR) is 61.8 cm³/mol. The molecule has 0 unspecified atom stereocenters. The second-order valence-corrected chi connectivity index (χ2v) is 3.66. The van der Waals surface area contributed by atoms with E-state index >= 15 is 0 Å². The first-order valence-corrected chi connectivity index (χ1v) is 5.55.